The number of fused-ring (bicyclic) bond motifs is 3. The van der Waals surface area contributed by atoms with Crippen molar-refractivity contribution in [2.75, 3.05) is 13.6 Å². The minimum absolute atomic E-state index is 0.149. The summed E-state index contributed by atoms with van der Waals surface area (Å²) in [7, 11) is 1.99. The van der Waals surface area contributed by atoms with Crippen LogP contribution in [0.15, 0.2) is 36.4 Å². The fourth-order valence-corrected chi connectivity index (χ4v) is 3.95. The number of nitrogens with zero attached hydrogens (tertiary/aromatic N) is 3. The predicted molar refractivity (Wildman–Crippen MR) is 102 cm³/mol. The van der Waals surface area contributed by atoms with E-state index in [-0.39, 0.29) is 22.8 Å². The molecule has 0 unspecified atom stereocenters. The Bertz CT molecular complexity index is 1120. The summed E-state index contributed by atoms with van der Waals surface area (Å²) in [4.78, 5) is 24.5. The van der Waals surface area contributed by atoms with E-state index in [0.717, 1.165) is 35.7 Å². The molecule has 1 aromatic heterocycles. The van der Waals surface area contributed by atoms with Crippen LogP contribution in [0.25, 0.3) is 16.6 Å². The summed E-state index contributed by atoms with van der Waals surface area (Å²) in [5.74, 6) is -1.59. The molecule has 0 aliphatic carbocycles. The lowest BCUT2D eigenvalue weighted by molar-refractivity contribution is -0.384. The number of carboxylic acids is 1. The fraction of sp³-hybridized carbons (Fsp3) is 0.250. The van der Waals surface area contributed by atoms with E-state index in [0.29, 0.717) is 18.5 Å². The molecule has 2 aromatic carbocycles. The topological polar surface area (TPSA) is 88.6 Å². The second-order valence-corrected chi connectivity index (χ2v) is 7.03. The van der Waals surface area contributed by atoms with Gasteiger partial charge in [-0.2, -0.15) is 0 Å². The number of hydrogen-bond donors (Lipinski definition) is 1. The number of aromatic nitrogens is 1. The van der Waals surface area contributed by atoms with Crippen LogP contribution in [-0.2, 0) is 13.0 Å². The highest BCUT2D eigenvalue weighted by molar-refractivity contribution is 5.91. The van der Waals surface area contributed by atoms with Crippen molar-refractivity contribution < 1.29 is 19.2 Å². The van der Waals surface area contributed by atoms with Crippen LogP contribution in [0, 0.1) is 15.9 Å². The number of rotatable bonds is 3. The average molecular weight is 383 g/mol. The van der Waals surface area contributed by atoms with E-state index in [9.17, 15) is 24.4 Å². The number of carboxylic acid groups (broad SMARTS) is 1. The summed E-state index contributed by atoms with van der Waals surface area (Å²) >= 11 is 0. The SMILES string of the molecule is CN1CCCc2c(c3cc(F)ccc3n2-c2ccc(C(=O)O)cc2[N+](=O)[O-])C1. The van der Waals surface area contributed by atoms with Gasteiger partial charge in [-0.15, -0.1) is 0 Å². The van der Waals surface area contributed by atoms with Gasteiger partial charge in [0.2, 0.25) is 0 Å². The molecule has 1 aliphatic heterocycles. The molecule has 1 aliphatic rings. The van der Waals surface area contributed by atoms with Gasteiger partial charge >= 0.3 is 5.97 Å². The monoisotopic (exact) mass is 383 g/mol. The number of nitro groups is 1. The van der Waals surface area contributed by atoms with Gasteiger partial charge in [-0.3, -0.25) is 10.1 Å². The van der Waals surface area contributed by atoms with Crippen LogP contribution in [0.5, 0.6) is 0 Å². The molecule has 1 N–H and O–H groups in total. The number of hydrogen-bond acceptors (Lipinski definition) is 4. The van der Waals surface area contributed by atoms with E-state index in [1.807, 2.05) is 7.05 Å². The van der Waals surface area contributed by atoms with Gasteiger partial charge in [0.25, 0.3) is 5.69 Å². The highest BCUT2D eigenvalue weighted by Gasteiger charge is 2.26. The summed E-state index contributed by atoms with van der Waals surface area (Å²) in [6.07, 6.45) is 1.55. The highest BCUT2D eigenvalue weighted by atomic mass is 19.1. The van der Waals surface area contributed by atoms with Crippen molar-refractivity contribution in [3.05, 3.63) is 69.2 Å². The van der Waals surface area contributed by atoms with Gasteiger partial charge in [0.05, 0.1) is 16.0 Å². The van der Waals surface area contributed by atoms with Crippen LogP contribution in [0.4, 0.5) is 10.1 Å². The van der Waals surface area contributed by atoms with Gasteiger partial charge in [-0.05, 0) is 62.3 Å². The van der Waals surface area contributed by atoms with Gasteiger partial charge in [0.1, 0.15) is 11.5 Å². The molecular weight excluding hydrogens is 365 g/mol. The third kappa shape index (κ3) is 2.91. The van der Waals surface area contributed by atoms with Crippen molar-refractivity contribution in [3.8, 4) is 5.69 Å². The predicted octanol–water partition coefficient (Wildman–Crippen LogP) is 3.75. The Hall–Kier alpha value is -3.26. The lowest BCUT2D eigenvalue weighted by atomic mass is 10.1. The number of nitro benzene ring substituents is 1. The quantitative estimate of drug-likeness (QED) is 0.550. The average Bonchev–Trinajstić information content (AvgIpc) is 2.80. The number of benzene rings is 2. The van der Waals surface area contributed by atoms with Crippen molar-refractivity contribution in [2.45, 2.75) is 19.4 Å². The molecule has 0 saturated heterocycles. The third-order valence-electron chi connectivity index (χ3n) is 5.18. The summed E-state index contributed by atoms with van der Waals surface area (Å²) in [6.45, 7) is 1.48. The molecule has 0 atom stereocenters. The number of halogens is 1. The molecule has 0 spiro atoms. The summed E-state index contributed by atoms with van der Waals surface area (Å²) in [5, 5.41) is 21.6. The summed E-state index contributed by atoms with van der Waals surface area (Å²) < 4.78 is 15.8. The third-order valence-corrected chi connectivity index (χ3v) is 5.18. The Balaban J connectivity index is 2.06. The first-order valence-electron chi connectivity index (χ1n) is 8.89. The zero-order chi connectivity index (χ0) is 20.0. The Labute approximate surface area is 159 Å². The van der Waals surface area contributed by atoms with Crippen LogP contribution in [-0.4, -0.2) is 39.1 Å². The Kier molecular flexibility index (Phi) is 4.35. The van der Waals surface area contributed by atoms with Gasteiger partial charge < -0.3 is 14.6 Å². The first-order valence-corrected chi connectivity index (χ1v) is 8.89. The maximum atomic E-state index is 14.0. The molecule has 4 rings (SSSR count). The fourth-order valence-electron chi connectivity index (χ4n) is 3.95. The first-order chi connectivity index (χ1) is 13.4. The smallest absolute Gasteiger partial charge is 0.335 e. The molecule has 3 aromatic rings. The minimum atomic E-state index is -1.23. The largest absolute Gasteiger partial charge is 0.478 e. The van der Waals surface area contributed by atoms with E-state index < -0.39 is 10.9 Å². The van der Waals surface area contributed by atoms with Crippen LogP contribution < -0.4 is 0 Å². The zero-order valence-electron chi connectivity index (χ0n) is 15.2. The second kappa shape index (κ2) is 6.72. The summed E-state index contributed by atoms with van der Waals surface area (Å²) in [6, 6.07) is 8.30. The van der Waals surface area contributed by atoms with Gasteiger partial charge in [0, 0.05) is 23.7 Å². The molecule has 2 heterocycles. The van der Waals surface area contributed by atoms with Gasteiger partial charge in [-0.25, -0.2) is 9.18 Å². The molecule has 144 valence electrons. The zero-order valence-corrected chi connectivity index (χ0v) is 15.2. The Morgan fingerprint density at radius 2 is 2.04 bits per heavy atom. The van der Waals surface area contributed by atoms with Crippen LogP contribution in [0.1, 0.15) is 28.0 Å². The minimum Gasteiger partial charge on any atom is -0.478 e. The first kappa shape index (κ1) is 18.1. The number of aromatic carboxylic acids is 1. The maximum absolute atomic E-state index is 14.0. The van der Waals surface area contributed by atoms with Crippen molar-refractivity contribution in [3.63, 3.8) is 0 Å². The van der Waals surface area contributed by atoms with E-state index in [4.69, 9.17) is 0 Å². The molecule has 0 amide bonds. The van der Waals surface area contributed by atoms with E-state index >= 15 is 0 Å². The molecule has 0 bridgehead atoms. The molecule has 0 saturated carbocycles. The molecular formula is C20H18FN3O4. The number of carbonyl (C=O) groups is 1. The van der Waals surface area contributed by atoms with Crippen molar-refractivity contribution in [2.24, 2.45) is 0 Å². The van der Waals surface area contributed by atoms with Crippen molar-refractivity contribution in [1.29, 1.82) is 0 Å². The summed E-state index contributed by atoms with van der Waals surface area (Å²) in [5.41, 5.74) is 2.37. The Morgan fingerprint density at radius 1 is 1.25 bits per heavy atom. The molecule has 28 heavy (non-hydrogen) atoms. The van der Waals surface area contributed by atoms with E-state index in [1.165, 1.54) is 24.3 Å². The van der Waals surface area contributed by atoms with Gasteiger partial charge in [0.15, 0.2) is 0 Å². The molecule has 8 heteroatoms. The lowest BCUT2D eigenvalue weighted by Crippen LogP contribution is -2.17. The van der Waals surface area contributed by atoms with Crippen LogP contribution in [0.2, 0.25) is 0 Å². The standard InChI is InChI=1S/C20H18FN3O4/c1-22-8-2-3-16-15(11-22)14-10-13(21)5-7-17(14)23(16)18-6-4-12(20(25)26)9-19(18)24(27)28/h4-7,9-10H,2-3,8,11H2,1H3,(H,25,26). The van der Waals surface area contributed by atoms with E-state index in [1.54, 1.807) is 10.6 Å². The van der Waals surface area contributed by atoms with Crippen LogP contribution >= 0.6 is 0 Å². The van der Waals surface area contributed by atoms with Crippen molar-refractivity contribution >= 4 is 22.6 Å². The normalized spacial score (nSPS) is 14.6. The van der Waals surface area contributed by atoms with Crippen LogP contribution in [0.3, 0.4) is 0 Å². The highest BCUT2D eigenvalue weighted by Crippen LogP contribution is 2.36. The van der Waals surface area contributed by atoms with Crippen molar-refractivity contribution in [1.82, 2.24) is 9.47 Å². The molecule has 7 nitrogen and oxygen atoms in total. The maximum Gasteiger partial charge on any atom is 0.335 e. The Morgan fingerprint density at radius 3 is 2.75 bits per heavy atom. The van der Waals surface area contributed by atoms with Gasteiger partial charge in [-0.1, -0.05) is 0 Å². The second-order valence-electron chi connectivity index (χ2n) is 7.03. The molecule has 0 radical (unpaired) electrons. The lowest BCUT2D eigenvalue weighted by Gasteiger charge is -2.12. The van der Waals surface area contributed by atoms with E-state index in [2.05, 4.69) is 4.90 Å². The molecule has 0 fully saturated rings.